The van der Waals surface area contributed by atoms with Crippen molar-refractivity contribution in [3.8, 4) is 6.07 Å². The third-order valence-electron chi connectivity index (χ3n) is 2.54. The van der Waals surface area contributed by atoms with Gasteiger partial charge in [-0.05, 0) is 0 Å². The number of hydrogen-bond acceptors (Lipinski definition) is 7. The molecule has 2 heterocycles. The summed E-state index contributed by atoms with van der Waals surface area (Å²) >= 11 is 0. The van der Waals surface area contributed by atoms with Gasteiger partial charge in [0.1, 0.15) is 30.7 Å². The summed E-state index contributed by atoms with van der Waals surface area (Å²) in [6.45, 7) is 0.161. The second kappa shape index (κ2) is 4.77. The molecule has 2 N–H and O–H groups in total. The Bertz CT molecular complexity index is 429. The fourth-order valence-electron chi connectivity index (χ4n) is 1.70. The van der Waals surface area contributed by atoms with Crippen molar-refractivity contribution in [3.63, 3.8) is 0 Å². The van der Waals surface area contributed by atoms with Crippen molar-refractivity contribution in [3.05, 3.63) is 12.2 Å². The third kappa shape index (κ3) is 2.13. The molecular formula is C9H12N4O4. The highest BCUT2D eigenvalue weighted by atomic mass is 16.6. The predicted molar refractivity (Wildman–Crippen MR) is 52.5 cm³/mol. The molecule has 17 heavy (non-hydrogen) atoms. The van der Waals surface area contributed by atoms with Crippen LogP contribution in [0, 0.1) is 11.3 Å². The van der Waals surface area contributed by atoms with Crippen LogP contribution in [0.3, 0.4) is 0 Å². The van der Waals surface area contributed by atoms with Crippen molar-refractivity contribution < 1.29 is 19.7 Å². The molecular weight excluding hydrogens is 228 g/mol. The van der Waals surface area contributed by atoms with Crippen molar-refractivity contribution >= 4 is 0 Å². The van der Waals surface area contributed by atoms with Gasteiger partial charge in [-0.25, -0.2) is 9.67 Å². The zero-order valence-corrected chi connectivity index (χ0v) is 9.09. The minimum absolute atomic E-state index is 0.0227. The molecule has 1 fully saturated rings. The van der Waals surface area contributed by atoms with Crippen LogP contribution < -0.4 is 0 Å². The number of hydrogen-bond donors (Lipinski definition) is 2. The molecule has 1 aromatic rings. The van der Waals surface area contributed by atoms with Crippen LogP contribution in [-0.2, 0) is 9.47 Å². The van der Waals surface area contributed by atoms with E-state index < -0.39 is 24.5 Å². The van der Waals surface area contributed by atoms with Gasteiger partial charge in [-0.2, -0.15) is 5.26 Å². The largest absolute Gasteiger partial charge is 0.387 e. The Balaban J connectivity index is 2.15. The first-order chi connectivity index (χ1) is 8.17. The third-order valence-corrected chi connectivity index (χ3v) is 2.54. The van der Waals surface area contributed by atoms with E-state index in [1.54, 1.807) is 6.07 Å². The molecule has 1 aromatic heterocycles. The second-order valence-corrected chi connectivity index (χ2v) is 3.66. The molecule has 1 aliphatic heterocycles. The Kier molecular flexibility index (Phi) is 3.35. The number of methoxy groups -OCH3 is 1. The number of aliphatic hydroxyl groups excluding tert-OH is 2. The van der Waals surface area contributed by atoms with Crippen molar-refractivity contribution in [1.82, 2.24) is 14.8 Å². The van der Waals surface area contributed by atoms with Gasteiger partial charge in [0.2, 0.25) is 0 Å². The van der Waals surface area contributed by atoms with E-state index in [-0.39, 0.29) is 12.4 Å². The van der Waals surface area contributed by atoms with Crippen LogP contribution in [0.4, 0.5) is 0 Å². The minimum atomic E-state index is -1.14. The average molecular weight is 240 g/mol. The Morgan fingerprint density at radius 3 is 2.94 bits per heavy atom. The summed E-state index contributed by atoms with van der Waals surface area (Å²) in [5.74, 6) is -0.0227. The normalized spacial score (nSPS) is 32.6. The van der Waals surface area contributed by atoms with E-state index in [2.05, 4.69) is 10.1 Å². The fraction of sp³-hybridized carbons (Fsp3) is 0.667. The standard InChI is InChI=1S/C9H12N4O4/c1-16-3-5-7(14)8(15)9(17-5)13-4-11-6(2-10)12-13/h4-5,7-9,14-15H,3H2,1H3/t5-,7-,8-,9-/m1/s1. The zero-order valence-electron chi connectivity index (χ0n) is 9.09. The average Bonchev–Trinajstić information content (AvgIpc) is 2.89. The lowest BCUT2D eigenvalue weighted by Crippen LogP contribution is -2.33. The Morgan fingerprint density at radius 1 is 1.59 bits per heavy atom. The molecule has 1 aliphatic rings. The fourth-order valence-corrected chi connectivity index (χ4v) is 1.70. The molecule has 0 unspecified atom stereocenters. The Morgan fingerprint density at radius 2 is 2.35 bits per heavy atom. The van der Waals surface area contributed by atoms with Crippen molar-refractivity contribution in [2.45, 2.75) is 24.5 Å². The van der Waals surface area contributed by atoms with E-state index in [9.17, 15) is 10.2 Å². The number of rotatable bonds is 3. The SMILES string of the molecule is COC[C@H]1O[C@@H](n2cnc(C#N)n2)[C@H](O)[C@@H]1O. The van der Waals surface area contributed by atoms with Gasteiger partial charge < -0.3 is 19.7 Å². The van der Waals surface area contributed by atoms with Crippen molar-refractivity contribution in [2.24, 2.45) is 0 Å². The number of aromatic nitrogens is 3. The molecule has 0 amide bonds. The molecule has 8 nitrogen and oxygen atoms in total. The highest BCUT2D eigenvalue weighted by molar-refractivity contribution is 5.06. The lowest BCUT2D eigenvalue weighted by Gasteiger charge is -2.13. The predicted octanol–water partition coefficient (Wildman–Crippen LogP) is -1.58. The van der Waals surface area contributed by atoms with Crippen molar-refractivity contribution in [1.29, 1.82) is 5.26 Å². The van der Waals surface area contributed by atoms with Crippen LogP contribution in [0.15, 0.2) is 6.33 Å². The van der Waals surface area contributed by atoms with E-state index >= 15 is 0 Å². The first-order valence-corrected chi connectivity index (χ1v) is 4.99. The molecule has 0 saturated carbocycles. The Labute approximate surface area is 97.0 Å². The summed E-state index contributed by atoms with van der Waals surface area (Å²) < 4.78 is 11.5. The topological polar surface area (TPSA) is 113 Å². The maximum atomic E-state index is 9.79. The molecule has 0 aliphatic carbocycles. The van der Waals surface area contributed by atoms with Gasteiger partial charge in [0.25, 0.3) is 5.82 Å². The molecule has 1 saturated heterocycles. The van der Waals surface area contributed by atoms with Gasteiger partial charge in [-0.3, -0.25) is 0 Å². The molecule has 8 heteroatoms. The van der Waals surface area contributed by atoms with E-state index in [1.165, 1.54) is 18.1 Å². The molecule has 4 atom stereocenters. The van der Waals surface area contributed by atoms with Crippen molar-refractivity contribution in [2.75, 3.05) is 13.7 Å². The molecule has 0 bridgehead atoms. The summed E-state index contributed by atoms with van der Waals surface area (Å²) in [7, 11) is 1.47. The van der Waals surface area contributed by atoms with Crippen LogP contribution >= 0.6 is 0 Å². The summed E-state index contributed by atoms with van der Waals surface area (Å²) in [5.41, 5.74) is 0. The first kappa shape index (κ1) is 11.9. The van der Waals surface area contributed by atoms with Gasteiger partial charge >= 0.3 is 0 Å². The van der Waals surface area contributed by atoms with Crippen LogP contribution in [0.2, 0.25) is 0 Å². The molecule has 0 spiro atoms. The molecule has 0 radical (unpaired) electrons. The maximum Gasteiger partial charge on any atom is 0.252 e. The molecule has 92 valence electrons. The monoisotopic (exact) mass is 240 g/mol. The van der Waals surface area contributed by atoms with E-state index in [1.807, 2.05) is 0 Å². The summed E-state index contributed by atoms with van der Waals surface area (Å²) in [4.78, 5) is 3.70. The first-order valence-electron chi connectivity index (χ1n) is 4.99. The highest BCUT2D eigenvalue weighted by Gasteiger charge is 2.44. The van der Waals surface area contributed by atoms with Gasteiger partial charge in [0.15, 0.2) is 6.23 Å². The number of ether oxygens (including phenoxy) is 2. The Hall–Kier alpha value is -1.53. The van der Waals surface area contributed by atoms with Crippen LogP contribution in [-0.4, -0.2) is 57.0 Å². The van der Waals surface area contributed by atoms with Gasteiger partial charge in [0, 0.05) is 7.11 Å². The number of nitriles is 1. The van der Waals surface area contributed by atoms with E-state index in [4.69, 9.17) is 14.7 Å². The van der Waals surface area contributed by atoms with Gasteiger partial charge in [-0.1, -0.05) is 0 Å². The van der Waals surface area contributed by atoms with Crippen LogP contribution in [0.25, 0.3) is 0 Å². The van der Waals surface area contributed by atoms with E-state index in [0.29, 0.717) is 0 Å². The molecule has 0 aromatic carbocycles. The smallest absolute Gasteiger partial charge is 0.252 e. The summed E-state index contributed by atoms with van der Waals surface area (Å²) in [5, 5.41) is 31.9. The van der Waals surface area contributed by atoms with Crippen LogP contribution in [0.5, 0.6) is 0 Å². The molecule has 2 rings (SSSR count). The highest BCUT2D eigenvalue weighted by Crippen LogP contribution is 2.28. The van der Waals surface area contributed by atoms with Crippen LogP contribution in [0.1, 0.15) is 12.1 Å². The summed E-state index contributed by atoms with van der Waals surface area (Å²) in [6.07, 6.45) is -2.42. The van der Waals surface area contributed by atoms with Gasteiger partial charge in [-0.15, -0.1) is 5.10 Å². The van der Waals surface area contributed by atoms with Gasteiger partial charge in [0.05, 0.1) is 6.61 Å². The summed E-state index contributed by atoms with van der Waals surface area (Å²) in [6, 6.07) is 1.77. The minimum Gasteiger partial charge on any atom is -0.387 e. The van der Waals surface area contributed by atoms with E-state index in [0.717, 1.165) is 0 Å². The quantitative estimate of drug-likeness (QED) is 0.655. The number of nitrogens with zero attached hydrogens (tertiary/aromatic N) is 4. The lowest BCUT2D eigenvalue weighted by atomic mass is 10.1. The lowest BCUT2D eigenvalue weighted by molar-refractivity contribution is -0.0648. The second-order valence-electron chi connectivity index (χ2n) is 3.66. The number of aliphatic hydroxyl groups is 2. The zero-order chi connectivity index (χ0) is 12.4. The maximum absolute atomic E-state index is 9.79.